The molecule has 186 valence electrons. The Morgan fingerprint density at radius 3 is 2.63 bits per heavy atom. The Labute approximate surface area is 203 Å². The number of fused-ring (bicyclic) bond motifs is 2. The van der Waals surface area contributed by atoms with Crippen LogP contribution in [0.15, 0.2) is 48.7 Å². The van der Waals surface area contributed by atoms with Crippen LogP contribution in [0.25, 0.3) is 10.8 Å². The Kier molecular flexibility index (Phi) is 7.18. The van der Waals surface area contributed by atoms with Crippen molar-refractivity contribution in [2.45, 2.75) is 44.3 Å². The largest absolute Gasteiger partial charge is 0.480 e. The Bertz CT molecular complexity index is 1270. The lowest BCUT2D eigenvalue weighted by molar-refractivity contribution is -0.156. The van der Waals surface area contributed by atoms with Gasteiger partial charge in [0.25, 0.3) is 5.91 Å². The molecule has 2 aliphatic rings. The summed E-state index contributed by atoms with van der Waals surface area (Å²) in [6.45, 7) is 1.42. The number of carbonyl (C=O) groups excluding carboxylic acids is 2. The van der Waals surface area contributed by atoms with Gasteiger partial charge < -0.3 is 15.3 Å². The fourth-order valence-corrected chi connectivity index (χ4v) is 6.22. The first-order valence-electron chi connectivity index (χ1n) is 11.6. The molecule has 0 spiro atoms. The maximum absolute atomic E-state index is 13.6. The molecule has 2 N–H and O–H groups in total. The highest BCUT2D eigenvalue weighted by atomic mass is 32.2. The number of benzene rings is 1. The highest BCUT2D eigenvalue weighted by Crippen LogP contribution is 2.26. The van der Waals surface area contributed by atoms with Crippen molar-refractivity contribution in [1.82, 2.24) is 19.5 Å². The molecule has 10 nitrogen and oxygen atoms in total. The number of carboxylic acids is 1. The lowest BCUT2D eigenvalue weighted by Crippen LogP contribution is -2.66. The summed E-state index contributed by atoms with van der Waals surface area (Å²) in [5.74, 6) is -2.47. The number of carbonyl (C=O) groups is 3. The quantitative estimate of drug-likeness (QED) is 0.572. The van der Waals surface area contributed by atoms with Crippen molar-refractivity contribution in [2.75, 3.05) is 18.8 Å². The first-order valence-corrected chi connectivity index (χ1v) is 13.2. The fraction of sp³-hybridized carbons (Fsp3) is 0.417. The number of nitrogens with one attached hydrogen (secondary N) is 1. The van der Waals surface area contributed by atoms with Crippen LogP contribution in [0, 0.1) is 0 Å². The predicted molar refractivity (Wildman–Crippen MR) is 129 cm³/mol. The molecular formula is C24H28N4O6S. The van der Waals surface area contributed by atoms with Crippen molar-refractivity contribution in [3.8, 4) is 0 Å². The summed E-state index contributed by atoms with van der Waals surface area (Å²) in [5, 5.41) is 14.1. The van der Waals surface area contributed by atoms with E-state index in [1.54, 1.807) is 37.3 Å². The molecule has 0 aliphatic carbocycles. The Morgan fingerprint density at radius 2 is 1.89 bits per heavy atom. The first-order chi connectivity index (χ1) is 16.7. The molecular weight excluding hydrogens is 472 g/mol. The van der Waals surface area contributed by atoms with Gasteiger partial charge in [0, 0.05) is 30.7 Å². The summed E-state index contributed by atoms with van der Waals surface area (Å²) >= 11 is 0. The van der Waals surface area contributed by atoms with Crippen LogP contribution < -0.4 is 5.32 Å². The third-order valence-electron chi connectivity index (χ3n) is 6.35. The number of piperazine rings is 1. The molecule has 2 aliphatic heterocycles. The van der Waals surface area contributed by atoms with Crippen LogP contribution in [0.1, 0.15) is 36.7 Å². The molecule has 2 amide bonds. The van der Waals surface area contributed by atoms with Crippen LogP contribution in [0.3, 0.4) is 0 Å². The molecule has 0 saturated carbocycles. The monoisotopic (exact) mass is 500 g/mol. The molecule has 0 radical (unpaired) electrons. The highest BCUT2D eigenvalue weighted by Gasteiger charge is 2.46. The van der Waals surface area contributed by atoms with E-state index in [0.29, 0.717) is 18.2 Å². The van der Waals surface area contributed by atoms with Gasteiger partial charge in [0.2, 0.25) is 15.9 Å². The number of carboxylic acid groups (broad SMARTS) is 1. The average molecular weight is 501 g/mol. The summed E-state index contributed by atoms with van der Waals surface area (Å²) in [7, 11) is -3.65. The molecule has 1 aromatic carbocycles. The number of hydrogen-bond acceptors (Lipinski definition) is 6. The number of hydrogen-bond donors (Lipinski definition) is 2. The SMILES string of the molecule is CCCS(=O)(=O)N1C[C@@H]2CC=CC[C@H](NC(=O)c3nccc4ccccc34)C(=O)N2[C@H](C(=O)O)C1. The molecule has 1 aromatic heterocycles. The summed E-state index contributed by atoms with van der Waals surface area (Å²) in [5.41, 5.74) is 0.170. The van der Waals surface area contributed by atoms with E-state index in [2.05, 4.69) is 10.3 Å². The Hall–Kier alpha value is -3.31. The van der Waals surface area contributed by atoms with Crippen molar-refractivity contribution in [2.24, 2.45) is 0 Å². The van der Waals surface area contributed by atoms with Gasteiger partial charge >= 0.3 is 5.97 Å². The van der Waals surface area contributed by atoms with E-state index in [0.717, 1.165) is 5.39 Å². The molecule has 3 atom stereocenters. The lowest BCUT2D eigenvalue weighted by atomic mass is 9.98. The number of nitrogens with zero attached hydrogens (tertiary/aromatic N) is 3. The average Bonchev–Trinajstić information content (AvgIpc) is 2.83. The van der Waals surface area contributed by atoms with Gasteiger partial charge in [0.05, 0.1) is 5.75 Å². The molecule has 1 fully saturated rings. The van der Waals surface area contributed by atoms with E-state index in [1.165, 1.54) is 15.4 Å². The number of pyridine rings is 1. The summed E-state index contributed by atoms with van der Waals surface area (Å²) in [4.78, 5) is 44.3. The Morgan fingerprint density at radius 1 is 1.14 bits per heavy atom. The summed E-state index contributed by atoms with van der Waals surface area (Å²) in [6.07, 6.45) is 5.98. The fourth-order valence-electron chi connectivity index (χ4n) is 4.68. The van der Waals surface area contributed by atoms with Crippen LogP contribution in [0.5, 0.6) is 0 Å². The summed E-state index contributed by atoms with van der Waals surface area (Å²) < 4.78 is 26.5. The molecule has 2 aromatic rings. The molecule has 35 heavy (non-hydrogen) atoms. The van der Waals surface area contributed by atoms with E-state index in [1.807, 2.05) is 12.1 Å². The predicted octanol–water partition coefficient (Wildman–Crippen LogP) is 1.39. The second kappa shape index (κ2) is 10.1. The third-order valence-corrected chi connectivity index (χ3v) is 8.36. The smallest absolute Gasteiger partial charge is 0.327 e. The number of aromatic nitrogens is 1. The molecule has 0 bridgehead atoms. The molecule has 1 saturated heterocycles. The molecule has 4 rings (SSSR count). The number of amides is 2. The second-order valence-electron chi connectivity index (χ2n) is 8.74. The van der Waals surface area contributed by atoms with Gasteiger partial charge in [0.1, 0.15) is 17.8 Å². The van der Waals surface area contributed by atoms with Crippen LogP contribution in [-0.4, -0.2) is 82.5 Å². The Balaban J connectivity index is 1.62. The van der Waals surface area contributed by atoms with Gasteiger partial charge in [0.15, 0.2) is 0 Å². The van der Waals surface area contributed by atoms with E-state index in [-0.39, 0.29) is 31.0 Å². The van der Waals surface area contributed by atoms with Crippen molar-refractivity contribution < 1.29 is 27.9 Å². The number of sulfonamides is 1. The van der Waals surface area contributed by atoms with Gasteiger partial charge in [-0.15, -0.1) is 0 Å². The zero-order chi connectivity index (χ0) is 25.2. The standard InChI is InChI=1S/C24H28N4O6S/c1-2-13-35(33,34)27-14-17-8-4-6-10-19(23(30)28(17)20(15-27)24(31)32)26-22(29)21-18-9-5-3-7-16(18)11-12-25-21/h3-7,9,11-12,17,19-20H,2,8,10,13-15H2,1H3,(H,26,29)(H,31,32)/t17-,19-,20-/m0/s1. The van der Waals surface area contributed by atoms with Gasteiger partial charge in [-0.1, -0.05) is 43.3 Å². The molecule has 0 unspecified atom stereocenters. The minimum absolute atomic E-state index is 0.00768. The maximum atomic E-state index is 13.6. The highest BCUT2D eigenvalue weighted by molar-refractivity contribution is 7.89. The minimum atomic E-state index is -3.65. The lowest BCUT2D eigenvalue weighted by Gasteiger charge is -2.46. The molecule has 11 heteroatoms. The second-order valence-corrected chi connectivity index (χ2v) is 10.8. The van der Waals surface area contributed by atoms with Gasteiger partial charge in [-0.3, -0.25) is 14.6 Å². The van der Waals surface area contributed by atoms with Crippen LogP contribution in [-0.2, 0) is 19.6 Å². The van der Waals surface area contributed by atoms with Gasteiger partial charge in [-0.2, -0.15) is 4.31 Å². The molecule has 3 heterocycles. The van der Waals surface area contributed by atoms with E-state index >= 15 is 0 Å². The summed E-state index contributed by atoms with van der Waals surface area (Å²) in [6, 6.07) is 6.02. The van der Waals surface area contributed by atoms with Crippen LogP contribution >= 0.6 is 0 Å². The van der Waals surface area contributed by atoms with Gasteiger partial charge in [-0.05, 0) is 30.7 Å². The van der Waals surface area contributed by atoms with E-state index in [4.69, 9.17) is 0 Å². The third kappa shape index (κ3) is 5.06. The van der Waals surface area contributed by atoms with Crippen molar-refractivity contribution >= 4 is 38.6 Å². The number of aliphatic carboxylic acids is 1. The van der Waals surface area contributed by atoms with Crippen molar-refractivity contribution in [3.05, 3.63) is 54.4 Å². The van der Waals surface area contributed by atoms with E-state index in [9.17, 15) is 27.9 Å². The topological polar surface area (TPSA) is 137 Å². The minimum Gasteiger partial charge on any atom is -0.480 e. The normalized spacial score (nSPS) is 23.4. The van der Waals surface area contributed by atoms with Crippen LogP contribution in [0.4, 0.5) is 0 Å². The zero-order valence-corrected chi connectivity index (χ0v) is 20.1. The number of rotatable bonds is 6. The van der Waals surface area contributed by atoms with Crippen molar-refractivity contribution in [3.63, 3.8) is 0 Å². The maximum Gasteiger partial charge on any atom is 0.327 e. The van der Waals surface area contributed by atoms with Crippen molar-refractivity contribution in [1.29, 1.82) is 0 Å². The van der Waals surface area contributed by atoms with Gasteiger partial charge in [-0.25, -0.2) is 13.2 Å². The van der Waals surface area contributed by atoms with Crippen LogP contribution in [0.2, 0.25) is 0 Å². The van der Waals surface area contributed by atoms with E-state index < -0.39 is 45.9 Å². The zero-order valence-electron chi connectivity index (χ0n) is 19.3. The first kappa shape index (κ1) is 24.8.